The molecule has 0 amide bonds. The number of hydrogen-bond acceptors (Lipinski definition) is 3. The second-order valence-electron chi connectivity index (χ2n) is 3.13. The second-order valence-corrected chi connectivity index (χ2v) is 5.33. The topological polar surface area (TPSA) is 74.7 Å². The summed E-state index contributed by atoms with van der Waals surface area (Å²) in [5, 5.41) is 8.35. The Kier molecular flexibility index (Phi) is 5.71. The van der Waals surface area contributed by atoms with Gasteiger partial charge in [0.2, 0.25) is 10.0 Å². The maximum absolute atomic E-state index is 11.4. The zero-order valence-electron chi connectivity index (χ0n) is 8.56. The molecule has 0 aromatic heterocycles. The maximum Gasteiger partial charge on any atom is 0.304 e. The molecule has 0 saturated heterocycles. The van der Waals surface area contributed by atoms with Crippen molar-refractivity contribution in [3.8, 4) is 0 Å². The van der Waals surface area contributed by atoms with Crippen LogP contribution >= 0.6 is 0 Å². The van der Waals surface area contributed by atoms with Gasteiger partial charge in [-0.15, -0.1) is 0 Å². The van der Waals surface area contributed by atoms with E-state index in [-0.39, 0.29) is 12.2 Å². The van der Waals surface area contributed by atoms with Crippen molar-refractivity contribution in [2.75, 3.05) is 19.3 Å². The minimum absolute atomic E-state index is 0.317. The Balaban J connectivity index is 4.10. The van der Waals surface area contributed by atoms with Crippen LogP contribution in [0.1, 0.15) is 26.2 Å². The molecule has 0 atom stereocenters. The smallest absolute Gasteiger partial charge is 0.304 e. The number of aliphatic carboxylic acids is 1. The molecule has 5 nitrogen and oxygen atoms in total. The van der Waals surface area contributed by atoms with E-state index < -0.39 is 16.0 Å². The summed E-state index contributed by atoms with van der Waals surface area (Å²) in [6.07, 6.45) is 1.38. The van der Waals surface area contributed by atoms with Crippen LogP contribution in [0, 0.1) is 0 Å². The Morgan fingerprint density at radius 3 is 2.43 bits per heavy atom. The highest BCUT2D eigenvalue weighted by molar-refractivity contribution is 7.89. The molecule has 84 valence electrons. The van der Waals surface area contributed by atoms with E-state index in [1.54, 1.807) is 0 Å². The van der Waals surface area contributed by atoms with Crippen LogP contribution in [0.3, 0.4) is 0 Å². The lowest BCUT2D eigenvalue weighted by molar-refractivity contribution is -0.136. The maximum atomic E-state index is 11.4. The van der Waals surface area contributed by atoms with E-state index in [1.807, 2.05) is 6.92 Å². The van der Waals surface area contributed by atoms with E-state index in [4.69, 9.17) is 5.11 Å². The first-order chi connectivity index (χ1) is 6.40. The van der Waals surface area contributed by atoms with E-state index >= 15 is 0 Å². The van der Waals surface area contributed by atoms with Crippen molar-refractivity contribution in [2.24, 2.45) is 0 Å². The van der Waals surface area contributed by atoms with Crippen molar-refractivity contribution >= 4 is 16.0 Å². The minimum atomic E-state index is -3.38. The van der Waals surface area contributed by atoms with Crippen LogP contribution in [0.4, 0.5) is 0 Å². The Morgan fingerprint density at radius 2 is 2.00 bits per heavy atom. The molecule has 0 unspecified atom stereocenters. The van der Waals surface area contributed by atoms with Crippen molar-refractivity contribution in [2.45, 2.75) is 26.2 Å². The molecule has 14 heavy (non-hydrogen) atoms. The zero-order valence-corrected chi connectivity index (χ0v) is 9.38. The average Bonchev–Trinajstić information content (AvgIpc) is 2.11. The quantitative estimate of drug-likeness (QED) is 0.683. The number of rotatable bonds is 7. The monoisotopic (exact) mass is 223 g/mol. The lowest BCUT2D eigenvalue weighted by Crippen LogP contribution is -2.30. The highest BCUT2D eigenvalue weighted by Gasteiger charge is 2.18. The number of carboxylic acid groups (broad SMARTS) is 1. The van der Waals surface area contributed by atoms with Gasteiger partial charge in [0.25, 0.3) is 0 Å². The molecule has 0 fully saturated rings. The molecular weight excluding hydrogens is 206 g/mol. The molecule has 0 aliphatic rings. The molecule has 0 rings (SSSR count). The first-order valence-corrected chi connectivity index (χ1v) is 6.17. The number of sulfonamides is 1. The SMILES string of the molecule is CCCCN(C)S(=O)(=O)CCC(=O)O. The van der Waals surface area contributed by atoms with Crippen LogP contribution in [0.5, 0.6) is 0 Å². The molecule has 0 bridgehead atoms. The van der Waals surface area contributed by atoms with Crippen LogP contribution in [-0.4, -0.2) is 43.1 Å². The van der Waals surface area contributed by atoms with Crippen LogP contribution < -0.4 is 0 Å². The van der Waals surface area contributed by atoms with Crippen LogP contribution in [-0.2, 0) is 14.8 Å². The van der Waals surface area contributed by atoms with Crippen LogP contribution in [0.25, 0.3) is 0 Å². The van der Waals surface area contributed by atoms with Gasteiger partial charge in [0.15, 0.2) is 0 Å². The first-order valence-electron chi connectivity index (χ1n) is 4.56. The standard InChI is InChI=1S/C8H17NO4S/c1-3-4-6-9(2)14(12,13)7-5-8(10)11/h3-7H2,1-2H3,(H,10,11). The second kappa shape index (κ2) is 5.98. The summed E-state index contributed by atoms with van der Waals surface area (Å²) >= 11 is 0. The van der Waals surface area contributed by atoms with Gasteiger partial charge in [0.05, 0.1) is 12.2 Å². The van der Waals surface area contributed by atoms with Gasteiger partial charge in [-0.3, -0.25) is 4.79 Å². The molecule has 0 heterocycles. The highest BCUT2D eigenvalue weighted by Crippen LogP contribution is 2.02. The summed E-state index contributed by atoms with van der Waals surface area (Å²) in [6, 6.07) is 0. The van der Waals surface area contributed by atoms with Crippen molar-refractivity contribution in [1.29, 1.82) is 0 Å². The van der Waals surface area contributed by atoms with Gasteiger partial charge in [-0.2, -0.15) is 0 Å². The molecule has 0 spiro atoms. The molecule has 0 aromatic carbocycles. The number of hydrogen-bond donors (Lipinski definition) is 1. The van der Waals surface area contributed by atoms with Gasteiger partial charge >= 0.3 is 5.97 Å². The lowest BCUT2D eigenvalue weighted by atomic mass is 10.3. The minimum Gasteiger partial charge on any atom is -0.481 e. The number of carbonyl (C=O) groups is 1. The van der Waals surface area contributed by atoms with Gasteiger partial charge in [0, 0.05) is 13.6 Å². The van der Waals surface area contributed by atoms with Crippen molar-refractivity contribution in [3.63, 3.8) is 0 Å². The number of nitrogens with zero attached hydrogens (tertiary/aromatic N) is 1. The molecule has 0 aliphatic heterocycles. The Labute approximate surface area is 84.8 Å². The largest absolute Gasteiger partial charge is 0.481 e. The molecule has 0 aromatic rings. The predicted molar refractivity (Wildman–Crippen MR) is 53.6 cm³/mol. The fourth-order valence-electron chi connectivity index (χ4n) is 0.892. The molecule has 0 aliphatic carbocycles. The number of unbranched alkanes of at least 4 members (excludes halogenated alkanes) is 1. The van der Waals surface area contributed by atoms with Crippen molar-refractivity contribution in [3.05, 3.63) is 0 Å². The van der Waals surface area contributed by atoms with E-state index in [0.29, 0.717) is 6.54 Å². The van der Waals surface area contributed by atoms with Gasteiger partial charge in [-0.25, -0.2) is 12.7 Å². The van der Waals surface area contributed by atoms with Crippen LogP contribution in [0.15, 0.2) is 0 Å². The zero-order chi connectivity index (χ0) is 11.2. The molecule has 0 saturated carbocycles. The van der Waals surface area contributed by atoms with Gasteiger partial charge < -0.3 is 5.11 Å². The molecular formula is C8H17NO4S. The summed E-state index contributed by atoms with van der Waals surface area (Å²) in [7, 11) is -1.90. The fraction of sp³-hybridized carbons (Fsp3) is 0.875. The van der Waals surface area contributed by atoms with E-state index in [2.05, 4.69) is 0 Å². The fourth-order valence-corrected chi connectivity index (χ4v) is 2.04. The molecule has 6 heteroatoms. The first kappa shape index (κ1) is 13.4. The van der Waals surface area contributed by atoms with Crippen molar-refractivity contribution in [1.82, 2.24) is 4.31 Å². The predicted octanol–water partition coefficient (Wildman–Crippen LogP) is 0.523. The van der Waals surface area contributed by atoms with Gasteiger partial charge in [-0.1, -0.05) is 13.3 Å². The van der Waals surface area contributed by atoms with Crippen LogP contribution in [0.2, 0.25) is 0 Å². The summed E-state index contributed by atoms with van der Waals surface area (Å²) in [5.41, 5.74) is 0. The highest BCUT2D eigenvalue weighted by atomic mass is 32.2. The third-order valence-electron chi connectivity index (χ3n) is 1.88. The van der Waals surface area contributed by atoms with E-state index in [0.717, 1.165) is 12.8 Å². The third kappa shape index (κ3) is 5.18. The molecule has 1 N–H and O–H groups in total. The van der Waals surface area contributed by atoms with Crippen molar-refractivity contribution < 1.29 is 18.3 Å². The lowest BCUT2D eigenvalue weighted by Gasteiger charge is -2.15. The number of carboxylic acids is 1. The Bertz CT molecular complexity index is 273. The summed E-state index contributed by atoms with van der Waals surface area (Å²) in [5.74, 6) is -1.40. The Morgan fingerprint density at radius 1 is 1.43 bits per heavy atom. The average molecular weight is 223 g/mol. The summed E-state index contributed by atoms with van der Waals surface area (Å²) in [6.45, 7) is 2.43. The third-order valence-corrected chi connectivity index (χ3v) is 3.73. The van der Waals surface area contributed by atoms with E-state index in [1.165, 1.54) is 11.4 Å². The van der Waals surface area contributed by atoms with Gasteiger partial charge in [-0.05, 0) is 6.42 Å². The van der Waals surface area contributed by atoms with Gasteiger partial charge in [0.1, 0.15) is 0 Å². The van der Waals surface area contributed by atoms with E-state index in [9.17, 15) is 13.2 Å². The molecule has 0 radical (unpaired) electrons. The Hall–Kier alpha value is -0.620. The summed E-state index contributed by atoms with van der Waals surface area (Å²) in [4.78, 5) is 10.2. The summed E-state index contributed by atoms with van der Waals surface area (Å²) < 4.78 is 24.0. The normalized spacial score (nSPS) is 11.9.